The molecular formula is C11H14F3N5. The van der Waals surface area contributed by atoms with Gasteiger partial charge in [0, 0.05) is 32.3 Å². The van der Waals surface area contributed by atoms with Crippen molar-refractivity contribution in [2.75, 3.05) is 25.0 Å². The summed E-state index contributed by atoms with van der Waals surface area (Å²) in [5.41, 5.74) is 4.63. The van der Waals surface area contributed by atoms with Gasteiger partial charge in [-0.05, 0) is 12.1 Å². The summed E-state index contributed by atoms with van der Waals surface area (Å²) >= 11 is 0. The number of alkyl halides is 3. The minimum Gasteiger partial charge on any atom is -0.386 e. The number of aromatic nitrogens is 2. The molecule has 2 heterocycles. The van der Waals surface area contributed by atoms with Crippen LogP contribution in [0, 0.1) is 5.92 Å². The van der Waals surface area contributed by atoms with Crippen LogP contribution < -0.4 is 16.0 Å². The number of nitrogens with one attached hydrogen (secondary N) is 1. The van der Waals surface area contributed by atoms with Crippen molar-refractivity contribution >= 4 is 5.95 Å². The lowest BCUT2D eigenvalue weighted by Crippen LogP contribution is -2.29. The van der Waals surface area contributed by atoms with Crippen LogP contribution in [0.15, 0.2) is 24.2 Å². The van der Waals surface area contributed by atoms with Gasteiger partial charge in [-0.3, -0.25) is 0 Å². The quantitative estimate of drug-likeness (QED) is 0.858. The van der Waals surface area contributed by atoms with Gasteiger partial charge in [0.2, 0.25) is 5.95 Å². The second-order valence-electron chi connectivity index (χ2n) is 4.38. The molecule has 1 aromatic rings. The maximum atomic E-state index is 12.5. The Kier molecular flexibility index (Phi) is 3.50. The van der Waals surface area contributed by atoms with Crippen molar-refractivity contribution < 1.29 is 13.2 Å². The van der Waals surface area contributed by atoms with E-state index in [-0.39, 0.29) is 11.9 Å². The van der Waals surface area contributed by atoms with Crippen molar-refractivity contribution in [3.8, 4) is 0 Å². The first-order valence-electron chi connectivity index (χ1n) is 5.69. The average molecular weight is 273 g/mol. The second kappa shape index (κ2) is 4.94. The van der Waals surface area contributed by atoms with Crippen LogP contribution in [-0.2, 0) is 6.18 Å². The van der Waals surface area contributed by atoms with Gasteiger partial charge in [-0.2, -0.15) is 13.2 Å². The van der Waals surface area contributed by atoms with Gasteiger partial charge in [0.05, 0.1) is 5.82 Å². The maximum Gasteiger partial charge on any atom is 0.433 e. The highest BCUT2D eigenvalue weighted by atomic mass is 19.4. The molecule has 0 amide bonds. The smallest absolute Gasteiger partial charge is 0.386 e. The van der Waals surface area contributed by atoms with Crippen molar-refractivity contribution in [2.45, 2.75) is 6.18 Å². The molecule has 0 radical (unpaired) electrons. The fourth-order valence-electron chi connectivity index (χ4n) is 1.86. The molecule has 1 aliphatic rings. The Balaban J connectivity index is 2.09. The fraction of sp³-hybridized carbons (Fsp3) is 0.455. The van der Waals surface area contributed by atoms with Crippen LogP contribution in [0.5, 0.6) is 0 Å². The summed E-state index contributed by atoms with van der Waals surface area (Å²) < 4.78 is 37.6. The van der Waals surface area contributed by atoms with E-state index < -0.39 is 11.9 Å². The summed E-state index contributed by atoms with van der Waals surface area (Å²) in [4.78, 5) is 8.96. The molecule has 104 valence electrons. The monoisotopic (exact) mass is 273 g/mol. The number of halogens is 3. The predicted molar refractivity (Wildman–Crippen MR) is 64.1 cm³/mol. The van der Waals surface area contributed by atoms with Crippen LogP contribution in [0.25, 0.3) is 0 Å². The van der Waals surface area contributed by atoms with Gasteiger partial charge in [-0.1, -0.05) is 0 Å². The topological polar surface area (TPSA) is 67.1 Å². The first-order chi connectivity index (χ1) is 8.86. The molecule has 3 N–H and O–H groups in total. The fourth-order valence-corrected chi connectivity index (χ4v) is 1.86. The third kappa shape index (κ3) is 3.27. The highest BCUT2D eigenvalue weighted by Crippen LogP contribution is 2.28. The van der Waals surface area contributed by atoms with Crippen LogP contribution >= 0.6 is 0 Å². The number of nitrogens with zero attached hydrogens (tertiary/aromatic N) is 3. The summed E-state index contributed by atoms with van der Waals surface area (Å²) in [6.45, 7) is 1.16. The SMILES string of the molecule is CN(C[C@H]1C=C(N)NC1)c1nccc(C(F)(F)F)n1. The van der Waals surface area contributed by atoms with Gasteiger partial charge in [0.1, 0.15) is 5.69 Å². The molecule has 0 bridgehead atoms. The third-order valence-electron chi connectivity index (χ3n) is 2.77. The molecule has 0 aromatic carbocycles. The zero-order chi connectivity index (χ0) is 14.0. The van der Waals surface area contributed by atoms with E-state index in [4.69, 9.17) is 5.73 Å². The van der Waals surface area contributed by atoms with Crippen LogP contribution in [0.3, 0.4) is 0 Å². The predicted octanol–water partition coefficient (Wildman–Crippen LogP) is 0.951. The molecular weight excluding hydrogens is 259 g/mol. The van der Waals surface area contributed by atoms with Crippen molar-refractivity contribution in [3.63, 3.8) is 0 Å². The van der Waals surface area contributed by atoms with Gasteiger partial charge in [0.15, 0.2) is 0 Å². The summed E-state index contributed by atoms with van der Waals surface area (Å²) in [5.74, 6) is 0.764. The molecule has 5 nitrogen and oxygen atoms in total. The second-order valence-corrected chi connectivity index (χ2v) is 4.38. The standard InChI is InChI=1S/C11H14F3N5/c1-19(6-7-4-9(15)17-5-7)10-16-3-2-8(18-10)11(12,13)14/h2-4,7,17H,5-6,15H2,1H3/t7-/m0/s1. The van der Waals surface area contributed by atoms with Crippen LogP contribution in [0.2, 0.25) is 0 Å². The van der Waals surface area contributed by atoms with Gasteiger partial charge < -0.3 is 16.0 Å². The lowest BCUT2D eigenvalue weighted by atomic mass is 10.1. The summed E-state index contributed by atoms with van der Waals surface area (Å²) in [5, 5.41) is 2.95. The van der Waals surface area contributed by atoms with E-state index in [0.29, 0.717) is 18.9 Å². The number of anilines is 1. The molecule has 0 unspecified atom stereocenters. The van der Waals surface area contributed by atoms with Crippen molar-refractivity contribution in [1.82, 2.24) is 15.3 Å². The zero-order valence-electron chi connectivity index (χ0n) is 10.3. The van der Waals surface area contributed by atoms with Gasteiger partial charge in [0.25, 0.3) is 0 Å². The Morgan fingerprint density at radius 1 is 1.53 bits per heavy atom. The Bertz CT molecular complexity index is 485. The molecule has 19 heavy (non-hydrogen) atoms. The Labute approximate surface area is 108 Å². The lowest BCUT2D eigenvalue weighted by Gasteiger charge is -2.20. The highest BCUT2D eigenvalue weighted by molar-refractivity contribution is 5.30. The first kappa shape index (κ1) is 13.4. The summed E-state index contributed by atoms with van der Waals surface area (Å²) in [6, 6.07) is 0.854. The molecule has 0 fully saturated rings. The maximum absolute atomic E-state index is 12.5. The average Bonchev–Trinajstić information content (AvgIpc) is 2.74. The van der Waals surface area contributed by atoms with Crippen molar-refractivity contribution in [1.29, 1.82) is 0 Å². The number of hydrogen-bond acceptors (Lipinski definition) is 5. The lowest BCUT2D eigenvalue weighted by molar-refractivity contribution is -0.141. The number of nitrogens with two attached hydrogens (primary N) is 1. The Morgan fingerprint density at radius 3 is 2.84 bits per heavy atom. The Hall–Kier alpha value is -1.99. The zero-order valence-corrected chi connectivity index (χ0v) is 10.3. The highest BCUT2D eigenvalue weighted by Gasteiger charge is 2.33. The summed E-state index contributed by atoms with van der Waals surface area (Å²) in [6.07, 6.45) is -1.51. The third-order valence-corrected chi connectivity index (χ3v) is 2.77. The van der Waals surface area contributed by atoms with E-state index >= 15 is 0 Å². The first-order valence-corrected chi connectivity index (χ1v) is 5.69. The Morgan fingerprint density at radius 2 is 2.26 bits per heavy atom. The van der Waals surface area contributed by atoms with Crippen LogP contribution in [0.4, 0.5) is 19.1 Å². The van der Waals surface area contributed by atoms with Gasteiger partial charge >= 0.3 is 6.18 Å². The van der Waals surface area contributed by atoms with Gasteiger partial charge in [-0.25, -0.2) is 9.97 Å². The minimum absolute atomic E-state index is 0.0497. The minimum atomic E-state index is -4.46. The van der Waals surface area contributed by atoms with Gasteiger partial charge in [-0.15, -0.1) is 0 Å². The van der Waals surface area contributed by atoms with E-state index in [1.54, 1.807) is 11.9 Å². The van der Waals surface area contributed by atoms with Crippen molar-refractivity contribution in [2.24, 2.45) is 11.7 Å². The largest absolute Gasteiger partial charge is 0.433 e. The van der Waals surface area contributed by atoms with Crippen LogP contribution in [0.1, 0.15) is 5.69 Å². The molecule has 0 spiro atoms. The van der Waals surface area contributed by atoms with Crippen molar-refractivity contribution in [3.05, 3.63) is 29.9 Å². The van der Waals surface area contributed by atoms with E-state index in [2.05, 4.69) is 15.3 Å². The molecule has 1 aromatic heterocycles. The van der Waals surface area contributed by atoms with E-state index in [1.807, 2.05) is 6.08 Å². The van der Waals surface area contributed by atoms with E-state index in [9.17, 15) is 13.2 Å². The molecule has 1 atom stereocenters. The molecule has 0 saturated carbocycles. The van der Waals surface area contributed by atoms with Crippen LogP contribution in [-0.4, -0.2) is 30.1 Å². The number of hydrogen-bond donors (Lipinski definition) is 2. The molecule has 8 heteroatoms. The van der Waals surface area contributed by atoms with E-state index in [1.165, 1.54) is 0 Å². The molecule has 0 saturated heterocycles. The number of rotatable bonds is 3. The normalized spacial score (nSPS) is 18.9. The molecule has 1 aliphatic heterocycles. The molecule has 2 rings (SSSR count). The summed E-state index contributed by atoms with van der Waals surface area (Å²) in [7, 11) is 1.65. The van der Waals surface area contributed by atoms with E-state index in [0.717, 1.165) is 12.3 Å². The molecule has 0 aliphatic carbocycles.